The average Bonchev–Trinajstić information content (AvgIpc) is 2.35. The molecule has 5 nitrogen and oxygen atoms in total. The van der Waals surface area contributed by atoms with Gasteiger partial charge < -0.3 is 10.5 Å². The summed E-state index contributed by atoms with van der Waals surface area (Å²) in [6.45, 7) is 5.69. The zero-order valence-corrected chi connectivity index (χ0v) is 13.5. The molecule has 1 aromatic rings. The predicted octanol–water partition coefficient (Wildman–Crippen LogP) is 2.36. The molecule has 0 aliphatic rings. The summed E-state index contributed by atoms with van der Waals surface area (Å²) in [7, 11) is -3.38. The van der Waals surface area contributed by atoms with Crippen molar-refractivity contribution >= 4 is 28.1 Å². The fourth-order valence-corrected chi connectivity index (χ4v) is 2.59. The highest BCUT2D eigenvalue weighted by Crippen LogP contribution is 2.24. The molecule has 0 aliphatic carbocycles. The van der Waals surface area contributed by atoms with Crippen molar-refractivity contribution < 1.29 is 13.2 Å². The van der Waals surface area contributed by atoms with Crippen molar-refractivity contribution in [1.29, 1.82) is 5.41 Å². The van der Waals surface area contributed by atoms with Gasteiger partial charge in [0.25, 0.3) is 0 Å². The first-order chi connectivity index (χ1) is 8.80. The Morgan fingerprint density at radius 1 is 1.40 bits per heavy atom. The molecule has 0 saturated heterocycles. The number of hydrogen-bond donors (Lipinski definition) is 2. The number of nitrogen functional groups attached to an aromatic ring is 1. The molecule has 0 atom stereocenters. The molecule has 0 unspecified atom stereocenters. The fraction of sp³-hybridized carbons (Fsp3) is 0.462. The summed E-state index contributed by atoms with van der Waals surface area (Å²) in [5, 5.41) is 7.00. The Hall–Kier alpha value is -1.27. The predicted molar refractivity (Wildman–Crippen MR) is 82.8 cm³/mol. The lowest BCUT2D eigenvalue weighted by atomic mass is 10.2. The van der Waals surface area contributed by atoms with E-state index in [2.05, 4.69) is 0 Å². The van der Waals surface area contributed by atoms with E-state index in [1.807, 2.05) is 6.92 Å². The van der Waals surface area contributed by atoms with E-state index in [1.54, 1.807) is 19.9 Å². The van der Waals surface area contributed by atoms with Crippen LogP contribution in [0.15, 0.2) is 23.1 Å². The minimum atomic E-state index is -3.38. The molecule has 0 amide bonds. The Morgan fingerprint density at radius 2 is 2.00 bits per heavy atom. The van der Waals surface area contributed by atoms with Crippen LogP contribution in [0, 0.1) is 5.41 Å². The number of sulfone groups is 1. The van der Waals surface area contributed by atoms with Crippen LogP contribution in [0.4, 0.5) is 0 Å². The third-order valence-electron chi connectivity index (χ3n) is 2.65. The highest BCUT2D eigenvalue weighted by Gasteiger charge is 2.21. The SMILES string of the molecule is CCCOc1ccc(S(=O)(=O)C(C)C)cc1C(=N)N.Cl. The summed E-state index contributed by atoms with van der Waals surface area (Å²) < 4.78 is 29.6. The van der Waals surface area contributed by atoms with Gasteiger partial charge >= 0.3 is 0 Å². The van der Waals surface area contributed by atoms with Crippen LogP contribution < -0.4 is 10.5 Å². The van der Waals surface area contributed by atoms with Crippen molar-refractivity contribution in [3.8, 4) is 5.75 Å². The first-order valence-electron chi connectivity index (χ1n) is 6.15. The molecule has 0 bridgehead atoms. The van der Waals surface area contributed by atoms with Gasteiger partial charge in [0.15, 0.2) is 9.84 Å². The summed E-state index contributed by atoms with van der Waals surface area (Å²) in [6, 6.07) is 4.46. The van der Waals surface area contributed by atoms with E-state index in [4.69, 9.17) is 15.9 Å². The van der Waals surface area contributed by atoms with E-state index in [1.165, 1.54) is 12.1 Å². The Kier molecular flexibility index (Phi) is 7.02. The van der Waals surface area contributed by atoms with Crippen LogP contribution in [0.25, 0.3) is 0 Å². The summed E-state index contributed by atoms with van der Waals surface area (Å²) in [4.78, 5) is 0.163. The van der Waals surface area contributed by atoms with Crippen LogP contribution in [0.5, 0.6) is 5.75 Å². The van der Waals surface area contributed by atoms with Crippen molar-refractivity contribution in [2.24, 2.45) is 5.73 Å². The number of benzene rings is 1. The summed E-state index contributed by atoms with van der Waals surface area (Å²) in [5.41, 5.74) is 5.80. The quantitative estimate of drug-likeness (QED) is 0.621. The second-order valence-electron chi connectivity index (χ2n) is 4.51. The molecule has 0 saturated carbocycles. The Morgan fingerprint density at radius 3 is 2.45 bits per heavy atom. The van der Waals surface area contributed by atoms with Crippen molar-refractivity contribution in [2.75, 3.05) is 6.61 Å². The highest BCUT2D eigenvalue weighted by atomic mass is 35.5. The van der Waals surface area contributed by atoms with Crippen molar-refractivity contribution in [2.45, 2.75) is 37.3 Å². The summed E-state index contributed by atoms with van der Waals surface area (Å²) >= 11 is 0. The third-order valence-corrected chi connectivity index (χ3v) is 4.80. The molecule has 3 N–H and O–H groups in total. The number of rotatable bonds is 6. The maximum Gasteiger partial charge on any atom is 0.180 e. The zero-order valence-electron chi connectivity index (χ0n) is 11.8. The number of amidine groups is 1. The topological polar surface area (TPSA) is 93.2 Å². The van der Waals surface area contributed by atoms with Gasteiger partial charge in [0.1, 0.15) is 11.6 Å². The Balaban J connectivity index is 0.00000361. The molecule has 0 spiro atoms. The number of halogens is 1. The molecule has 1 rings (SSSR count). The maximum absolute atomic E-state index is 12.1. The van der Waals surface area contributed by atoms with E-state index >= 15 is 0 Å². The number of hydrogen-bond acceptors (Lipinski definition) is 4. The Labute approximate surface area is 126 Å². The lowest BCUT2D eigenvalue weighted by molar-refractivity contribution is 0.316. The molecule has 0 aromatic heterocycles. The van der Waals surface area contributed by atoms with Gasteiger partial charge in [-0.3, -0.25) is 5.41 Å². The summed E-state index contributed by atoms with van der Waals surface area (Å²) in [5.74, 6) is 0.240. The molecular formula is C13H21ClN2O3S. The number of nitrogens with two attached hydrogens (primary N) is 1. The smallest absolute Gasteiger partial charge is 0.180 e. The van der Waals surface area contributed by atoms with E-state index in [9.17, 15) is 8.42 Å². The highest BCUT2D eigenvalue weighted by molar-refractivity contribution is 7.92. The van der Waals surface area contributed by atoms with Crippen LogP contribution in [-0.4, -0.2) is 26.1 Å². The minimum absolute atomic E-state index is 0. The van der Waals surface area contributed by atoms with Gasteiger partial charge in [-0.15, -0.1) is 12.4 Å². The van der Waals surface area contributed by atoms with Crippen LogP contribution in [0.3, 0.4) is 0 Å². The normalized spacial score (nSPS) is 11.0. The number of ether oxygens (including phenoxy) is 1. The van der Waals surface area contributed by atoms with E-state index in [-0.39, 0.29) is 23.1 Å². The standard InChI is InChI=1S/C13H20N2O3S.ClH/c1-4-7-18-12-6-5-10(8-11(12)13(14)15)19(16,17)9(2)3;/h5-6,8-9H,4,7H2,1-3H3,(H3,14,15);1H. The van der Waals surface area contributed by atoms with Gasteiger partial charge in [-0.1, -0.05) is 6.92 Å². The molecule has 0 fully saturated rings. The lowest BCUT2D eigenvalue weighted by Gasteiger charge is -2.13. The fourth-order valence-electron chi connectivity index (χ4n) is 1.51. The van der Waals surface area contributed by atoms with E-state index in [0.29, 0.717) is 17.9 Å². The monoisotopic (exact) mass is 320 g/mol. The molecule has 20 heavy (non-hydrogen) atoms. The molecular weight excluding hydrogens is 300 g/mol. The van der Waals surface area contributed by atoms with Crippen LogP contribution in [-0.2, 0) is 9.84 Å². The van der Waals surface area contributed by atoms with Gasteiger partial charge in [-0.2, -0.15) is 0 Å². The second kappa shape index (κ2) is 7.50. The van der Waals surface area contributed by atoms with Gasteiger partial charge in [0.05, 0.1) is 22.3 Å². The van der Waals surface area contributed by atoms with Crippen molar-refractivity contribution in [1.82, 2.24) is 0 Å². The van der Waals surface area contributed by atoms with Gasteiger partial charge in [0, 0.05) is 0 Å². The van der Waals surface area contributed by atoms with Crippen LogP contribution in [0.1, 0.15) is 32.8 Å². The lowest BCUT2D eigenvalue weighted by Crippen LogP contribution is -2.17. The summed E-state index contributed by atoms with van der Waals surface area (Å²) in [6.07, 6.45) is 0.823. The maximum atomic E-state index is 12.1. The largest absolute Gasteiger partial charge is 0.493 e. The molecule has 1 aromatic carbocycles. The number of nitrogens with one attached hydrogen (secondary N) is 1. The molecule has 114 valence electrons. The van der Waals surface area contributed by atoms with E-state index in [0.717, 1.165) is 6.42 Å². The molecule has 0 heterocycles. The van der Waals surface area contributed by atoms with Crippen LogP contribution in [0.2, 0.25) is 0 Å². The average molecular weight is 321 g/mol. The van der Waals surface area contributed by atoms with Gasteiger partial charge in [0.2, 0.25) is 0 Å². The molecule has 0 radical (unpaired) electrons. The third kappa shape index (κ3) is 4.11. The zero-order chi connectivity index (χ0) is 14.6. The second-order valence-corrected chi connectivity index (χ2v) is 7.02. The van der Waals surface area contributed by atoms with Crippen LogP contribution >= 0.6 is 12.4 Å². The first-order valence-corrected chi connectivity index (χ1v) is 7.70. The first kappa shape index (κ1) is 18.7. The van der Waals surface area contributed by atoms with Gasteiger partial charge in [-0.05, 0) is 38.5 Å². The minimum Gasteiger partial charge on any atom is -0.493 e. The van der Waals surface area contributed by atoms with E-state index < -0.39 is 15.1 Å². The van der Waals surface area contributed by atoms with Gasteiger partial charge in [-0.25, -0.2) is 8.42 Å². The molecule has 0 aliphatic heterocycles. The van der Waals surface area contributed by atoms with Crippen molar-refractivity contribution in [3.63, 3.8) is 0 Å². The Bertz CT molecular complexity index is 571. The molecule has 7 heteroatoms. The van der Waals surface area contributed by atoms with Crippen molar-refractivity contribution in [3.05, 3.63) is 23.8 Å².